The van der Waals surface area contributed by atoms with Crippen LogP contribution in [0, 0.1) is 0 Å². The first-order chi connectivity index (χ1) is 8.92. The van der Waals surface area contributed by atoms with Crippen LogP contribution in [0.2, 0.25) is 0 Å². The SMILES string of the molecule is c1ccn(-c2ccc(OC3CCNCC3)cc2)c1. The van der Waals surface area contributed by atoms with Crippen LogP contribution >= 0.6 is 0 Å². The maximum absolute atomic E-state index is 5.98. The van der Waals surface area contributed by atoms with Gasteiger partial charge >= 0.3 is 0 Å². The van der Waals surface area contributed by atoms with E-state index in [-0.39, 0.29) is 0 Å². The van der Waals surface area contributed by atoms with Crippen LogP contribution in [0.5, 0.6) is 5.75 Å². The standard InChI is InChI=1S/C15H18N2O/c1-2-12-17(11-1)13-3-5-14(6-4-13)18-15-7-9-16-10-8-15/h1-6,11-12,15-16H,7-10H2. The lowest BCUT2D eigenvalue weighted by Gasteiger charge is -2.23. The van der Waals surface area contributed by atoms with Gasteiger partial charge in [0.25, 0.3) is 0 Å². The molecule has 18 heavy (non-hydrogen) atoms. The van der Waals surface area contributed by atoms with Gasteiger partial charge in [-0.25, -0.2) is 0 Å². The lowest BCUT2D eigenvalue weighted by molar-refractivity contribution is 0.162. The zero-order chi connectivity index (χ0) is 12.2. The van der Waals surface area contributed by atoms with Crippen LogP contribution in [0.1, 0.15) is 12.8 Å². The first-order valence-electron chi connectivity index (χ1n) is 6.52. The summed E-state index contributed by atoms with van der Waals surface area (Å²) in [6, 6.07) is 12.3. The number of hydrogen-bond acceptors (Lipinski definition) is 2. The fraction of sp³-hybridized carbons (Fsp3) is 0.333. The molecule has 3 rings (SSSR count). The second kappa shape index (κ2) is 5.27. The summed E-state index contributed by atoms with van der Waals surface area (Å²) in [5.74, 6) is 0.970. The lowest BCUT2D eigenvalue weighted by Crippen LogP contribution is -2.34. The molecule has 0 spiro atoms. The monoisotopic (exact) mass is 242 g/mol. The molecule has 3 nitrogen and oxygen atoms in total. The second-order valence-electron chi connectivity index (χ2n) is 4.65. The van der Waals surface area contributed by atoms with Crippen molar-refractivity contribution in [3.05, 3.63) is 48.8 Å². The van der Waals surface area contributed by atoms with Gasteiger partial charge in [0.05, 0.1) is 0 Å². The molecule has 1 aromatic carbocycles. The average Bonchev–Trinajstić information content (AvgIpc) is 2.95. The van der Waals surface area contributed by atoms with Crippen molar-refractivity contribution < 1.29 is 4.74 Å². The first kappa shape index (κ1) is 11.4. The Bertz CT molecular complexity index is 470. The quantitative estimate of drug-likeness (QED) is 0.895. The van der Waals surface area contributed by atoms with Crippen LogP contribution in [0.15, 0.2) is 48.8 Å². The summed E-state index contributed by atoms with van der Waals surface area (Å²) in [6.07, 6.45) is 6.65. The van der Waals surface area contributed by atoms with E-state index in [1.165, 1.54) is 0 Å². The Kier molecular flexibility index (Phi) is 3.33. The Morgan fingerprint density at radius 1 is 1.00 bits per heavy atom. The molecule has 0 atom stereocenters. The Morgan fingerprint density at radius 2 is 1.67 bits per heavy atom. The number of nitrogens with zero attached hydrogens (tertiary/aromatic N) is 1. The van der Waals surface area contributed by atoms with Crippen LogP contribution < -0.4 is 10.1 Å². The third-order valence-corrected chi connectivity index (χ3v) is 3.33. The molecule has 3 heteroatoms. The Morgan fingerprint density at radius 3 is 2.33 bits per heavy atom. The molecule has 1 aliphatic heterocycles. The van der Waals surface area contributed by atoms with Gasteiger partial charge in [-0.15, -0.1) is 0 Å². The van der Waals surface area contributed by atoms with Gasteiger partial charge in [-0.1, -0.05) is 0 Å². The molecule has 1 aliphatic rings. The molecule has 2 heterocycles. The predicted octanol–water partition coefficient (Wildman–Crippen LogP) is 2.61. The number of piperidine rings is 1. The van der Waals surface area contributed by atoms with Crippen molar-refractivity contribution in [1.29, 1.82) is 0 Å². The molecule has 0 radical (unpaired) electrons. The molecular weight excluding hydrogens is 224 g/mol. The molecule has 1 fully saturated rings. The number of aromatic nitrogens is 1. The molecular formula is C15H18N2O. The highest BCUT2D eigenvalue weighted by Crippen LogP contribution is 2.19. The zero-order valence-electron chi connectivity index (χ0n) is 10.4. The largest absolute Gasteiger partial charge is 0.490 e. The zero-order valence-corrected chi connectivity index (χ0v) is 10.4. The third-order valence-electron chi connectivity index (χ3n) is 3.33. The molecule has 0 bridgehead atoms. The first-order valence-corrected chi connectivity index (χ1v) is 6.52. The van der Waals surface area contributed by atoms with E-state index >= 15 is 0 Å². The minimum absolute atomic E-state index is 0.365. The number of ether oxygens (including phenoxy) is 1. The van der Waals surface area contributed by atoms with E-state index in [1.807, 2.05) is 24.5 Å². The van der Waals surface area contributed by atoms with Crippen molar-refractivity contribution in [2.24, 2.45) is 0 Å². The Hall–Kier alpha value is -1.74. The van der Waals surface area contributed by atoms with Gasteiger partial charge in [0.2, 0.25) is 0 Å². The van der Waals surface area contributed by atoms with Crippen molar-refractivity contribution in [2.75, 3.05) is 13.1 Å². The molecule has 94 valence electrons. The molecule has 0 amide bonds. The van der Waals surface area contributed by atoms with E-state index in [0.717, 1.165) is 37.4 Å². The third kappa shape index (κ3) is 2.57. The van der Waals surface area contributed by atoms with Gasteiger partial charge in [-0.05, 0) is 62.3 Å². The summed E-state index contributed by atoms with van der Waals surface area (Å²) in [6.45, 7) is 2.12. The lowest BCUT2D eigenvalue weighted by atomic mass is 10.1. The summed E-state index contributed by atoms with van der Waals surface area (Å²) in [5, 5.41) is 3.34. The number of benzene rings is 1. The normalized spacial score (nSPS) is 16.7. The number of rotatable bonds is 3. The van der Waals surface area contributed by atoms with E-state index < -0.39 is 0 Å². The van der Waals surface area contributed by atoms with E-state index in [1.54, 1.807) is 0 Å². The Labute approximate surface area is 107 Å². The summed E-state index contributed by atoms with van der Waals surface area (Å²) < 4.78 is 8.07. The van der Waals surface area contributed by atoms with E-state index in [4.69, 9.17) is 4.74 Å². The molecule has 1 aromatic heterocycles. The van der Waals surface area contributed by atoms with E-state index in [9.17, 15) is 0 Å². The summed E-state index contributed by atoms with van der Waals surface area (Å²) in [7, 11) is 0. The Balaban J connectivity index is 1.67. The highest BCUT2D eigenvalue weighted by atomic mass is 16.5. The molecule has 0 unspecified atom stereocenters. The highest BCUT2D eigenvalue weighted by molar-refractivity contribution is 5.37. The van der Waals surface area contributed by atoms with Crippen LogP contribution in [0.4, 0.5) is 0 Å². The maximum atomic E-state index is 5.98. The average molecular weight is 242 g/mol. The van der Waals surface area contributed by atoms with E-state index in [2.05, 4.69) is 34.1 Å². The predicted molar refractivity (Wildman–Crippen MR) is 72.3 cm³/mol. The van der Waals surface area contributed by atoms with Gasteiger partial charge in [0.1, 0.15) is 11.9 Å². The molecule has 0 aliphatic carbocycles. The van der Waals surface area contributed by atoms with Crippen molar-refractivity contribution in [1.82, 2.24) is 9.88 Å². The van der Waals surface area contributed by atoms with Gasteiger partial charge in [0, 0.05) is 18.1 Å². The van der Waals surface area contributed by atoms with Gasteiger partial charge in [-0.3, -0.25) is 0 Å². The molecule has 0 saturated carbocycles. The van der Waals surface area contributed by atoms with Crippen molar-refractivity contribution in [2.45, 2.75) is 18.9 Å². The summed E-state index contributed by atoms with van der Waals surface area (Å²) in [4.78, 5) is 0. The highest BCUT2D eigenvalue weighted by Gasteiger charge is 2.14. The minimum atomic E-state index is 0.365. The van der Waals surface area contributed by atoms with Crippen LogP contribution in [-0.2, 0) is 0 Å². The van der Waals surface area contributed by atoms with Crippen molar-refractivity contribution in [3.63, 3.8) is 0 Å². The van der Waals surface area contributed by atoms with Crippen LogP contribution in [0.25, 0.3) is 5.69 Å². The van der Waals surface area contributed by atoms with Gasteiger partial charge < -0.3 is 14.6 Å². The fourth-order valence-corrected chi connectivity index (χ4v) is 2.31. The van der Waals surface area contributed by atoms with Gasteiger partial charge in [0.15, 0.2) is 0 Å². The summed E-state index contributed by atoms with van der Waals surface area (Å²) in [5.41, 5.74) is 1.16. The van der Waals surface area contributed by atoms with Crippen molar-refractivity contribution >= 4 is 0 Å². The van der Waals surface area contributed by atoms with E-state index in [0.29, 0.717) is 6.10 Å². The topological polar surface area (TPSA) is 26.2 Å². The molecule has 1 N–H and O–H groups in total. The van der Waals surface area contributed by atoms with Crippen LogP contribution in [0.3, 0.4) is 0 Å². The van der Waals surface area contributed by atoms with Crippen molar-refractivity contribution in [3.8, 4) is 11.4 Å². The smallest absolute Gasteiger partial charge is 0.119 e. The van der Waals surface area contributed by atoms with Gasteiger partial charge in [-0.2, -0.15) is 0 Å². The number of nitrogens with one attached hydrogen (secondary N) is 1. The van der Waals surface area contributed by atoms with Crippen LogP contribution in [-0.4, -0.2) is 23.8 Å². The fourth-order valence-electron chi connectivity index (χ4n) is 2.31. The summed E-state index contributed by atoms with van der Waals surface area (Å²) >= 11 is 0. The molecule has 1 saturated heterocycles. The molecule has 2 aromatic rings. The number of hydrogen-bond donors (Lipinski definition) is 1. The minimum Gasteiger partial charge on any atom is -0.490 e. The maximum Gasteiger partial charge on any atom is 0.119 e. The second-order valence-corrected chi connectivity index (χ2v) is 4.65.